The van der Waals surface area contributed by atoms with Gasteiger partial charge in [0.05, 0.1) is 12.0 Å². The summed E-state index contributed by atoms with van der Waals surface area (Å²) in [5.41, 5.74) is 1.21. The van der Waals surface area contributed by atoms with Crippen LogP contribution in [0.1, 0.15) is 82.3 Å². The van der Waals surface area contributed by atoms with Gasteiger partial charge in [-0.05, 0) is 55.4 Å². The molecule has 234 valence electrons. The van der Waals surface area contributed by atoms with Crippen molar-refractivity contribution in [3.05, 3.63) is 65.7 Å². The van der Waals surface area contributed by atoms with Gasteiger partial charge in [-0.1, -0.05) is 75.1 Å². The Balaban J connectivity index is 0.00000423. The summed E-state index contributed by atoms with van der Waals surface area (Å²) in [5, 5.41) is 17.2. The predicted octanol–water partition coefficient (Wildman–Crippen LogP) is 4.84. The summed E-state index contributed by atoms with van der Waals surface area (Å²) in [5.74, 6) is -0.128. The molecule has 3 amide bonds. The summed E-state index contributed by atoms with van der Waals surface area (Å²) in [6, 6.07) is 17.0. The van der Waals surface area contributed by atoms with Gasteiger partial charge in [-0.3, -0.25) is 19.3 Å². The van der Waals surface area contributed by atoms with Crippen LogP contribution in [0.4, 0.5) is 5.69 Å². The lowest BCUT2D eigenvalue weighted by Crippen LogP contribution is -2.73. The average Bonchev–Trinajstić information content (AvgIpc) is 2.99. The Bertz CT molecular complexity index is 1220. The standard InChI is InChI=1S/C34H46N4O4.ClH/c1-2-3-20-38-31(40)29(24-33(42)16-8-5-9-17-33)36-32(41)34(38)18-21-37(22-19-34)25-27-12-14-28(15-13-27)35-30(39)23-26-10-6-4-7-11-26;/h4,6-7,10-15,29,42H,2-3,5,8-9,16-25H2,1H3,(H,35,39)(H,36,41);1H/t29-;/m1./s1. The second-order valence-electron chi connectivity index (χ2n) is 12.6. The number of nitrogens with zero attached hydrogens (tertiary/aromatic N) is 2. The minimum Gasteiger partial charge on any atom is -0.390 e. The van der Waals surface area contributed by atoms with Crippen molar-refractivity contribution in [3.63, 3.8) is 0 Å². The number of carbonyl (C=O) groups excluding carboxylic acids is 3. The van der Waals surface area contributed by atoms with E-state index >= 15 is 0 Å². The average molecular weight is 611 g/mol. The zero-order chi connectivity index (χ0) is 29.6. The fraction of sp³-hybridized carbons (Fsp3) is 0.559. The summed E-state index contributed by atoms with van der Waals surface area (Å²) in [7, 11) is 0. The third-order valence-electron chi connectivity index (χ3n) is 9.45. The van der Waals surface area contributed by atoms with Gasteiger partial charge in [-0.15, -0.1) is 12.4 Å². The number of halogens is 1. The number of rotatable bonds is 10. The van der Waals surface area contributed by atoms with E-state index in [1.54, 1.807) is 0 Å². The quantitative estimate of drug-likeness (QED) is 0.357. The highest BCUT2D eigenvalue weighted by Gasteiger charge is 2.54. The number of aliphatic hydroxyl groups is 1. The predicted molar refractivity (Wildman–Crippen MR) is 171 cm³/mol. The van der Waals surface area contributed by atoms with Crippen LogP contribution in [0.3, 0.4) is 0 Å². The van der Waals surface area contributed by atoms with E-state index in [2.05, 4.69) is 22.5 Å². The lowest BCUT2D eigenvalue weighted by molar-refractivity contribution is -0.163. The van der Waals surface area contributed by atoms with Crippen LogP contribution >= 0.6 is 12.4 Å². The zero-order valence-electron chi connectivity index (χ0n) is 25.4. The number of anilines is 1. The second-order valence-corrected chi connectivity index (χ2v) is 12.6. The number of piperazine rings is 1. The Labute approximate surface area is 262 Å². The second kappa shape index (κ2) is 14.7. The first kappa shape index (κ1) is 33.0. The highest BCUT2D eigenvalue weighted by molar-refractivity contribution is 6.00. The van der Waals surface area contributed by atoms with E-state index in [9.17, 15) is 19.5 Å². The number of nitrogens with one attached hydrogen (secondary N) is 2. The number of unbranched alkanes of at least 4 members (excludes halogenated alkanes) is 1. The van der Waals surface area contributed by atoms with Gasteiger partial charge in [0.2, 0.25) is 17.7 Å². The molecule has 5 rings (SSSR count). The highest BCUT2D eigenvalue weighted by atomic mass is 35.5. The number of hydrogen-bond acceptors (Lipinski definition) is 5. The fourth-order valence-electron chi connectivity index (χ4n) is 6.96. The molecule has 1 spiro atoms. The first-order valence-corrected chi connectivity index (χ1v) is 15.8. The van der Waals surface area contributed by atoms with Crippen LogP contribution < -0.4 is 10.6 Å². The lowest BCUT2D eigenvalue weighted by Gasteiger charge is -2.52. The molecule has 0 radical (unpaired) electrons. The Morgan fingerprint density at radius 3 is 2.28 bits per heavy atom. The number of amides is 3. The molecule has 1 saturated carbocycles. The van der Waals surface area contributed by atoms with Crippen molar-refractivity contribution in [3.8, 4) is 0 Å². The van der Waals surface area contributed by atoms with Gasteiger partial charge in [0.1, 0.15) is 11.6 Å². The number of carbonyl (C=O) groups is 3. The lowest BCUT2D eigenvalue weighted by atomic mass is 9.77. The van der Waals surface area contributed by atoms with Gasteiger partial charge in [-0.25, -0.2) is 0 Å². The molecule has 9 heteroatoms. The van der Waals surface area contributed by atoms with Gasteiger partial charge in [0.25, 0.3) is 0 Å². The summed E-state index contributed by atoms with van der Waals surface area (Å²) < 4.78 is 0. The van der Waals surface area contributed by atoms with Gasteiger partial charge in [0.15, 0.2) is 0 Å². The van der Waals surface area contributed by atoms with E-state index < -0.39 is 17.2 Å². The van der Waals surface area contributed by atoms with Crippen LogP contribution in [0.15, 0.2) is 54.6 Å². The number of likely N-dealkylation sites (tertiary alicyclic amines) is 1. The van der Waals surface area contributed by atoms with Crippen molar-refractivity contribution < 1.29 is 19.5 Å². The summed E-state index contributed by atoms with van der Waals surface area (Å²) in [6.07, 6.45) is 8.09. The van der Waals surface area contributed by atoms with Crippen LogP contribution in [0.25, 0.3) is 0 Å². The minimum absolute atomic E-state index is 0. The maximum atomic E-state index is 13.8. The Morgan fingerprint density at radius 1 is 0.953 bits per heavy atom. The van der Waals surface area contributed by atoms with E-state index in [1.165, 1.54) is 0 Å². The van der Waals surface area contributed by atoms with E-state index in [0.717, 1.165) is 55.5 Å². The summed E-state index contributed by atoms with van der Waals surface area (Å²) >= 11 is 0. The minimum atomic E-state index is -0.865. The van der Waals surface area contributed by atoms with Crippen molar-refractivity contribution in [1.82, 2.24) is 15.1 Å². The number of piperidine rings is 1. The van der Waals surface area contributed by atoms with Crippen molar-refractivity contribution in [2.24, 2.45) is 0 Å². The van der Waals surface area contributed by atoms with E-state index in [4.69, 9.17) is 0 Å². The molecule has 2 aromatic carbocycles. The molecular weight excluding hydrogens is 564 g/mol. The molecule has 3 N–H and O–H groups in total. The number of benzene rings is 2. The van der Waals surface area contributed by atoms with Crippen LogP contribution in [0.5, 0.6) is 0 Å². The van der Waals surface area contributed by atoms with Crippen molar-refractivity contribution >= 4 is 35.8 Å². The zero-order valence-corrected chi connectivity index (χ0v) is 26.2. The third kappa shape index (κ3) is 7.97. The molecule has 8 nitrogen and oxygen atoms in total. The van der Waals surface area contributed by atoms with Crippen molar-refractivity contribution in [1.29, 1.82) is 0 Å². The molecule has 2 saturated heterocycles. The maximum Gasteiger partial charge on any atom is 0.246 e. The van der Waals surface area contributed by atoms with Crippen LogP contribution in [0, 0.1) is 0 Å². The molecule has 3 fully saturated rings. The molecule has 2 aliphatic heterocycles. The van der Waals surface area contributed by atoms with Crippen molar-refractivity contribution in [2.75, 3.05) is 25.0 Å². The van der Waals surface area contributed by atoms with Gasteiger partial charge < -0.3 is 20.6 Å². The molecule has 0 unspecified atom stereocenters. The van der Waals surface area contributed by atoms with Crippen LogP contribution in [0.2, 0.25) is 0 Å². The molecule has 3 aliphatic rings. The molecular formula is C34H47ClN4O4. The molecule has 1 atom stereocenters. The summed E-state index contributed by atoms with van der Waals surface area (Å²) in [6.45, 7) is 4.86. The molecule has 0 bridgehead atoms. The van der Waals surface area contributed by atoms with Gasteiger partial charge in [0, 0.05) is 38.3 Å². The summed E-state index contributed by atoms with van der Waals surface area (Å²) in [4.78, 5) is 44.1. The normalized spacial score (nSPS) is 21.6. The van der Waals surface area contributed by atoms with Gasteiger partial charge in [-0.2, -0.15) is 0 Å². The molecule has 2 heterocycles. The Morgan fingerprint density at radius 2 is 1.63 bits per heavy atom. The van der Waals surface area contributed by atoms with E-state index in [0.29, 0.717) is 58.2 Å². The van der Waals surface area contributed by atoms with E-state index in [-0.39, 0.29) is 30.1 Å². The number of hydrogen-bond donors (Lipinski definition) is 3. The molecule has 1 aliphatic carbocycles. The van der Waals surface area contributed by atoms with Gasteiger partial charge >= 0.3 is 0 Å². The molecule has 0 aromatic heterocycles. The topological polar surface area (TPSA) is 102 Å². The third-order valence-corrected chi connectivity index (χ3v) is 9.45. The Hall–Kier alpha value is -2.94. The first-order chi connectivity index (χ1) is 20.3. The first-order valence-electron chi connectivity index (χ1n) is 15.8. The SMILES string of the molecule is CCCCN1C(=O)[C@@H](CC2(O)CCCCC2)NC(=O)C12CCN(Cc1ccc(NC(=O)Cc3ccccc3)cc1)CC2.Cl. The van der Waals surface area contributed by atoms with Crippen molar-refractivity contribution in [2.45, 2.75) is 101 Å². The monoisotopic (exact) mass is 610 g/mol. The molecule has 2 aromatic rings. The maximum absolute atomic E-state index is 13.8. The smallest absolute Gasteiger partial charge is 0.246 e. The van der Waals surface area contributed by atoms with E-state index in [1.807, 2.05) is 59.5 Å². The molecule has 43 heavy (non-hydrogen) atoms. The van der Waals surface area contributed by atoms with Crippen LogP contribution in [-0.2, 0) is 27.3 Å². The van der Waals surface area contributed by atoms with Crippen LogP contribution in [-0.4, -0.2) is 69.4 Å². The largest absolute Gasteiger partial charge is 0.390 e. The fourth-order valence-corrected chi connectivity index (χ4v) is 6.96. The Kier molecular flexibility index (Phi) is 11.3. The highest BCUT2D eigenvalue weighted by Crippen LogP contribution is 2.37.